The van der Waals surface area contributed by atoms with Gasteiger partial charge in [-0.2, -0.15) is 0 Å². The Morgan fingerprint density at radius 2 is 1.36 bits per heavy atom. The van der Waals surface area contributed by atoms with Crippen LogP contribution >= 0.6 is 0 Å². The van der Waals surface area contributed by atoms with Gasteiger partial charge in [0.05, 0.1) is 12.7 Å². The van der Waals surface area contributed by atoms with E-state index < -0.39 is 0 Å². The summed E-state index contributed by atoms with van der Waals surface area (Å²) in [5.74, 6) is 1.46. The summed E-state index contributed by atoms with van der Waals surface area (Å²) in [6.07, 6.45) is 2.33. The first-order chi connectivity index (χ1) is 10.7. The molecule has 2 rings (SSSR count). The number of carbonyl (C=O) groups excluding carboxylic acids is 2. The number of hydrogen-bond donors (Lipinski definition) is 0. The SMILES string of the molecule is C[C@H](CCOc1ccc(C=O)cc1)Oc1ccc(C=O)cc1. The fraction of sp³-hybridized carbons (Fsp3) is 0.222. The lowest BCUT2D eigenvalue weighted by Gasteiger charge is -2.15. The third kappa shape index (κ3) is 4.74. The van der Waals surface area contributed by atoms with Gasteiger partial charge in [0.25, 0.3) is 0 Å². The van der Waals surface area contributed by atoms with Crippen LogP contribution in [0.3, 0.4) is 0 Å². The highest BCUT2D eigenvalue weighted by Gasteiger charge is 2.05. The molecule has 4 nitrogen and oxygen atoms in total. The van der Waals surface area contributed by atoms with E-state index >= 15 is 0 Å². The van der Waals surface area contributed by atoms with Crippen molar-refractivity contribution >= 4 is 12.6 Å². The minimum atomic E-state index is -0.00340. The van der Waals surface area contributed by atoms with Crippen LogP contribution in [0.1, 0.15) is 34.1 Å². The molecule has 0 aliphatic heterocycles. The lowest BCUT2D eigenvalue weighted by molar-refractivity contribution is 0.111. The molecule has 0 spiro atoms. The largest absolute Gasteiger partial charge is 0.493 e. The van der Waals surface area contributed by atoms with E-state index in [1.807, 2.05) is 6.92 Å². The molecule has 2 aromatic rings. The Labute approximate surface area is 129 Å². The van der Waals surface area contributed by atoms with Crippen molar-refractivity contribution in [1.29, 1.82) is 0 Å². The molecule has 2 aromatic carbocycles. The average molecular weight is 298 g/mol. The highest BCUT2D eigenvalue weighted by Crippen LogP contribution is 2.15. The van der Waals surface area contributed by atoms with Gasteiger partial charge >= 0.3 is 0 Å². The van der Waals surface area contributed by atoms with E-state index in [0.29, 0.717) is 17.7 Å². The van der Waals surface area contributed by atoms with Crippen molar-refractivity contribution in [3.8, 4) is 11.5 Å². The topological polar surface area (TPSA) is 52.6 Å². The van der Waals surface area contributed by atoms with Gasteiger partial charge in [-0.25, -0.2) is 0 Å². The summed E-state index contributed by atoms with van der Waals surface area (Å²) < 4.78 is 11.4. The Balaban J connectivity index is 1.75. The first-order valence-electron chi connectivity index (χ1n) is 7.11. The monoisotopic (exact) mass is 298 g/mol. The van der Waals surface area contributed by atoms with Crippen molar-refractivity contribution in [2.75, 3.05) is 6.61 Å². The lowest BCUT2D eigenvalue weighted by Crippen LogP contribution is -2.15. The summed E-state index contributed by atoms with van der Waals surface area (Å²) in [7, 11) is 0. The quantitative estimate of drug-likeness (QED) is 0.699. The Morgan fingerprint density at radius 1 is 0.864 bits per heavy atom. The Bertz CT molecular complexity index is 602. The predicted molar refractivity (Wildman–Crippen MR) is 83.9 cm³/mol. The fourth-order valence-electron chi connectivity index (χ4n) is 1.90. The molecule has 0 aromatic heterocycles. The van der Waals surface area contributed by atoms with E-state index in [1.165, 1.54) is 0 Å². The van der Waals surface area contributed by atoms with Gasteiger partial charge in [-0.15, -0.1) is 0 Å². The fourth-order valence-corrected chi connectivity index (χ4v) is 1.90. The predicted octanol–water partition coefficient (Wildman–Crippen LogP) is 3.55. The summed E-state index contributed by atoms with van der Waals surface area (Å²) in [6.45, 7) is 2.49. The van der Waals surface area contributed by atoms with E-state index in [1.54, 1.807) is 48.5 Å². The van der Waals surface area contributed by atoms with Gasteiger partial charge in [-0.1, -0.05) is 0 Å². The summed E-state index contributed by atoms with van der Waals surface area (Å²) in [4.78, 5) is 21.1. The molecule has 0 saturated carbocycles. The zero-order valence-electron chi connectivity index (χ0n) is 12.4. The minimum Gasteiger partial charge on any atom is -0.493 e. The lowest BCUT2D eigenvalue weighted by atomic mass is 10.2. The molecule has 0 aliphatic carbocycles. The second kappa shape index (κ2) is 7.98. The molecular formula is C18H18O4. The maximum Gasteiger partial charge on any atom is 0.150 e. The highest BCUT2D eigenvalue weighted by molar-refractivity contribution is 5.75. The van der Waals surface area contributed by atoms with Gasteiger partial charge in [0.15, 0.2) is 0 Å². The van der Waals surface area contributed by atoms with Gasteiger partial charge < -0.3 is 9.47 Å². The number of hydrogen-bond acceptors (Lipinski definition) is 4. The maximum atomic E-state index is 10.6. The van der Waals surface area contributed by atoms with Crippen LogP contribution < -0.4 is 9.47 Å². The average Bonchev–Trinajstić information content (AvgIpc) is 2.56. The van der Waals surface area contributed by atoms with Crippen molar-refractivity contribution in [3.63, 3.8) is 0 Å². The Morgan fingerprint density at radius 3 is 1.86 bits per heavy atom. The summed E-state index contributed by atoms with van der Waals surface area (Å²) in [6, 6.07) is 14.0. The number of carbonyl (C=O) groups is 2. The molecule has 0 unspecified atom stereocenters. The molecule has 114 valence electrons. The second-order valence-electron chi connectivity index (χ2n) is 4.94. The van der Waals surface area contributed by atoms with Crippen molar-refractivity contribution in [2.45, 2.75) is 19.4 Å². The standard InChI is InChI=1S/C18H18O4/c1-14(22-18-8-4-16(13-20)5-9-18)10-11-21-17-6-2-15(12-19)3-7-17/h2-9,12-14H,10-11H2,1H3/t14-/m1/s1. The van der Waals surface area contributed by atoms with Crippen LogP contribution in [0.5, 0.6) is 11.5 Å². The molecule has 4 heteroatoms. The highest BCUT2D eigenvalue weighted by atomic mass is 16.5. The number of ether oxygens (including phenoxy) is 2. The van der Waals surface area contributed by atoms with E-state index in [-0.39, 0.29) is 6.10 Å². The van der Waals surface area contributed by atoms with E-state index in [4.69, 9.17) is 9.47 Å². The summed E-state index contributed by atoms with van der Waals surface area (Å²) in [5, 5.41) is 0. The van der Waals surface area contributed by atoms with Gasteiger partial charge in [0.2, 0.25) is 0 Å². The molecule has 0 saturated heterocycles. The molecule has 0 bridgehead atoms. The number of rotatable bonds is 8. The zero-order valence-corrected chi connectivity index (χ0v) is 12.4. The van der Waals surface area contributed by atoms with E-state index in [9.17, 15) is 9.59 Å². The third-order valence-electron chi connectivity index (χ3n) is 3.16. The number of benzene rings is 2. The minimum absolute atomic E-state index is 0.00340. The van der Waals surface area contributed by atoms with Gasteiger partial charge in [-0.05, 0) is 55.5 Å². The van der Waals surface area contributed by atoms with Crippen LogP contribution in [0.15, 0.2) is 48.5 Å². The Kier molecular flexibility index (Phi) is 5.72. The van der Waals surface area contributed by atoms with Gasteiger partial charge in [-0.3, -0.25) is 9.59 Å². The summed E-state index contributed by atoms with van der Waals surface area (Å²) in [5.41, 5.74) is 1.25. The molecule has 0 heterocycles. The molecule has 0 amide bonds. The maximum absolute atomic E-state index is 10.6. The molecule has 22 heavy (non-hydrogen) atoms. The van der Waals surface area contributed by atoms with Crippen molar-refractivity contribution < 1.29 is 19.1 Å². The number of aldehydes is 2. The van der Waals surface area contributed by atoms with Crippen molar-refractivity contribution in [2.24, 2.45) is 0 Å². The Hall–Kier alpha value is -2.62. The summed E-state index contributed by atoms with van der Waals surface area (Å²) >= 11 is 0. The molecule has 0 radical (unpaired) electrons. The normalized spacial score (nSPS) is 11.5. The molecule has 0 N–H and O–H groups in total. The van der Waals surface area contributed by atoms with Crippen LogP contribution in [0.25, 0.3) is 0 Å². The van der Waals surface area contributed by atoms with Crippen LogP contribution in [-0.4, -0.2) is 25.3 Å². The molecule has 0 fully saturated rings. The van der Waals surface area contributed by atoms with Gasteiger partial charge in [0, 0.05) is 17.5 Å². The first kappa shape index (κ1) is 15.8. The third-order valence-corrected chi connectivity index (χ3v) is 3.16. The molecule has 0 aliphatic rings. The van der Waals surface area contributed by atoms with Crippen LogP contribution in [0.4, 0.5) is 0 Å². The van der Waals surface area contributed by atoms with Crippen LogP contribution in [0.2, 0.25) is 0 Å². The van der Waals surface area contributed by atoms with Crippen LogP contribution in [-0.2, 0) is 0 Å². The molecule has 1 atom stereocenters. The van der Waals surface area contributed by atoms with Gasteiger partial charge in [0.1, 0.15) is 24.1 Å². The van der Waals surface area contributed by atoms with E-state index in [2.05, 4.69) is 0 Å². The first-order valence-corrected chi connectivity index (χ1v) is 7.11. The second-order valence-corrected chi connectivity index (χ2v) is 4.94. The van der Waals surface area contributed by atoms with Crippen molar-refractivity contribution in [3.05, 3.63) is 59.7 Å². The van der Waals surface area contributed by atoms with E-state index in [0.717, 1.165) is 30.5 Å². The molecular weight excluding hydrogens is 280 g/mol. The zero-order chi connectivity index (χ0) is 15.8. The van der Waals surface area contributed by atoms with Crippen molar-refractivity contribution in [1.82, 2.24) is 0 Å². The smallest absolute Gasteiger partial charge is 0.150 e. The van der Waals surface area contributed by atoms with Crippen LogP contribution in [0, 0.1) is 0 Å².